The number of methoxy groups -OCH3 is 1. The molecule has 4 N–H and O–H groups in total. The lowest BCUT2D eigenvalue weighted by atomic mass is 9.71. The van der Waals surface area contributed by atoms with Crippen LogP contribution in [0, 0.1) is 5.41 Å². The van der Waals surface area contributed by atoms with Gasteiger partial charge in [0.25, 0.3) is 0 Å². The van der Waals surface area contributed by atoms with Gasteiger partial charge in [-0.1, -0.05) is 19.3 Å². The first-order valence-corrected chi connectivity index (χ1v) is 5.91. The molecule has 1 fully saturated rings. The van der Waals surface area contributed by atoms with E-state index in [9.17, 15) is 9.50 Å². The maximum absolute atomic E-state index is 13.2. The van der Waals surface area contributed by atoms with Crippen LogP contribution >= 0.6 is 0 Å². The Morgan fingerprint density at radius 1 is 1.44 bits per heavy atom. The molecule has 1 unspecified atom stereocenters. The Kier molecular flexibility index (Phi) is 5.61. The number of hydrogen-bond donors (Lipinski definition) is 3. The van der Waals surface area contributed by atoms with Crippen molar-refractivity contribution >= 4 is 0 Å². The molecule has 0 amide bonds. The molecule has 0 saturated heterocycles. The van der Waals surface area contributed by atoms with Gasteiger partial charge < -0.3 is 9.84 Å². The number of hydrazine groups is 1. The minimum Gasteiger partial charge on any atom is -0.389 e. The molecular weight excluding hydrogens is 211 g/mol. The summed E-state index contributed by atoms with van der Waals surface area (Å²) in [6.45, 7) is 0.585. The molecule has 16 heavy (non-hydrogen) atoms. The average Bonchev–Trinajstić information content (AvgIpc) is 2.29. The third-order valence-electron chi connectivity index (χ3n) is 3.50. The largest absolute Gasteiger partial charge is 0.389 e. The van der Waals surface area contributed by atoms with Crippen LogP contribution in [-0.2, 0) is 4.74 Å². The zero-order valence-corrected chi connectivity index (χ0v) is 9.92. The number of aliphatic hydroxyl groups is 1. The Hall–Kier alpha value is -0.230. The Labute approximate surface area is 96.3 Å². The standard InChI is InChI=1S/C11H23FN2O2/c1-16-8-11(5-3-2-4-6-11)7-9(15)10(12)14-13/h9-10,14-15H,2-8,13H2,1H3/t9-,10?/m1/s1. The van der Waals surface area contributed by atoms with Gasteiger partial charge in [0.15, 0.2) is 6.30 Å². The topological polar surface area (TPSA) is 67.5 Å². The summed E-state index contributed by atoms with van der Waals surface area (Å²) >= 11 is 0. The summed E-state index contributed by atoms with van der Waals surface area (Å²) in [7, 11) is 1.65. The van der Waals surface area contributed by atoms with Crippen LogP contribution in [0.1, 0.15) is 38.5 Å². The maximum Gasteiger partial charge on any atom is 0.189 e. The van der Waals surface area contributed by atoms with Crippen molar-refractivity contribution < 1.29 is 14.2 Å². The maximum atomic E-state index is 13.2. The Morgan fingerprint density at radius 2 is 2.06 bits per heavy atom. The van der Waals surface area contributed by atoms with Gasteiger partial charge in [0.1, 0.15) is 6.10 Å². The molecule has 96 valence electrons. The molecule has 4 nitrogen and oxygen atoms in total. The molecule has 0 aromatic rings. The third-order valence-corrected chi connectivity index (χ3v) is 3.50. The Morgan fingerprint density at radius 3 is 2.56 bits per heavy atom. The van der Waals surface area contributed by atoms with Crippen LogP contribution in [0.3, 0.4) is 0 Å². The highest BCUT2D eigenvalue weighted by atomic mass is 19.1. The number of ether oxygens (including phenoxy) is 1. The first kappa shape index (κ1) is 13.8. The molecule has 2 atom stereocenters. The van der Waals surface area contributed by atoms with E-state index in [2.05, 4.69) is 0 Å². The lowest BCUT2D eigenvalue weighted by molar-refractivity contribution is -0.0283. The van der Waals surface area contributed by atoms with E-state index in [0.29, 0.717) is 13.0 Å². The van der Waals surface area contributed by atoms with Crippen LogP contribution in [0.4, 0.5) is 4.39 Å². The fourth-order valence-corrected chi connectivity index (χ4v) is 2.67. The van der Waals surface area contributed by atoms with Gasteiger partial charge in [0.2, 0.25) is 0 Å². The highest BCUT2D eigenvalue weighted by Crippen LogP contribution is 2.40. The van der Waals surface area contributed by atoms with Gasteiger partial charge in [0.05, 0.1) is 6.61 Å². The SMILES string of the molecule is COCC1(C[C@@H](O)C(F)NN)CCCCC1. The van der Waals surface area contributed by atoms with Gasteiger partial charge in [-0.05, 0) is 24.7 Å². The van der Waals surface area contributed by atoms with E-state index >= 15 is 0 Å². The Bertz CT molecular complexity index is 193. The van der Waals surface area contributed by atoms with E-state index in [0.717, 1.165) is 25.7 Å². The minimum absolute atomic E-state index is 0.0758. The molecule has 0 aromatic carbocycles. The zero-order chi connectivity index (χ0) is 12.0. The third kappa shape index (κ3) is 3.66. The summed E-state index contributed by atoms with van der Waals surface area (Å²) in [6.07, 6.45) is 3.26. The van der Waals surface area contributed by atoms with Crippen molar-refractivity contribution in [2.45, 2.75) is 50.9 Å². The lowest BCUT2D eigenvalue weighted by Crippen LogP contribution is -2.44. The van der Waals surface area contributed by atoms with Crippen LogP contribution in [-0.4, -0.2) is 31.2 Å². The molecule has 1 aliphatic carbocycles. The van der Waals surface area contributed by atoms with E-state index in [1.54, 1.807) is 7.11 Å². The normalized spacial score (nSPS) is 24.0. The van der Waals surface area contributed by atoms with Crippen LogP contribution in [0.25, 0.3) is 0 Å². The summed E-state index contributed by atoms with van der Waals surface area (Å²) in [4.78, 5) is 0. The number of alkyl halides is 1. The predicted molar refractivity (Wildman–Crippen MR) is 60.2 cm³/mol. The van der Waals surface area contributed by atoms with Crippen molar-refractivity contribution in [3.8, 4) is 0 Å². The Balaban J connectivity index is 2.55. The van der Waals surface area contributed by atoms with Crippen molar-refractivity contribution in [1.82, 2.24) is 5.43 Å². The van der Waals surface area contributed by atoms with E-state index in [4.69, 9.17) is 10.6 Å². The molecule has 0 spiro atoms. The summed E-state index contributed by atoms with van der Waals surface area (Å²) < 4.78 is 18.4. The number of nitrogens with one attached hydrogen (secondary N) is 1. The van der Waals surface area contributed by atoms with Crippen LogP contribution < -0.4 is 11.3 Å². The second-order valence-corrected chi connectivity index (χ2v) is 4.83. The fraction of sp³-hybridized carbons (Fsp3) is 1.00. The minimum atomic E-state index is -1.56. The van der Waals surface area contributed by atoms with Gasteiger partial charge in [0, 0.05) is 7.11 Å². The van der Waals surface area contributed by atoms with Gasteiger partial charge in [-0.2, -0.15) is 0 Å². The molecule has 5 heteroatoms. The second kappa shape index (κ2) is 6.49. The average molecular weight is 234 g/mol. The van der Waals surface area contributed by atoms with E-state index in [1.807, 2.05) is 5.43 Å². The van der Waals surface area contributed by atoms with E-state index in [1.165, 1.54) is 6.42 Å². The number of nitrogens with two attached hydrogens (primary N) is 1. The van der Waals surface area contributed by atoms with Crippen molar-refractivity contribution in [3.63, 3.8) is 0 Å². The molecular formula is C11H23FN2O2. The summed E-state index contributed by atoms with van der Waals surface area (Å²) in [5, 5.41) is 9.69. The molecule has 0 aromatic heterocycles. The second-order valence-electron chi connectivity index (χ2n) is 4.83. The zero-order valence-electron chi connectivity index (χ0n) is 9.92. The lowest BCUT2D eigenvalue weighted by Gasteiger charge is -2.38. The number of halogens is 1. The molecule has 0 heterocycles. The van der Waals surface area contributed by atoms with Crippen molar-refractivity contribution in [2.24, 2.45) is 11.3 Å². The molecule has 1 rings (SSSR count). The molecule has 0 aliphatic heterocycles. The summed E-state index contributed by atoms with van der Waals surface area (Å²) in [6, 6.07) is 0. The quantitative estimate of drug-likeness (QED) is 0.366. The van der Waals surface area contributed by atoms with E-state index < -0.39 is 12.4 Å². The molecule has 0 bridgehead atoms. The monoisotopic (exact) mass is 234 g/mol. The van der Waals surface area contributed by atoms with Gasteiger partial charge >= 0.3 is 0 Å². The molecule has 0 radical (unpaired) electrons. The van der Waals surface area contributed by atoms with Crippen LogP contribution in [0.5, 0.6) is 0 Å². The predicted octanol–water partition coefficient (Wildman–Crippen LogP) is 1.09. The molecule has 1 aliphatic rings. The van der Waals surface area contributed by atoms with Gasteiger partial charge in [-0.3, -0.25) is 5.84 Å². The van der Waals surface area contributed by atoms with Gasteiger partial charge in [-0.15, -0.1) is 0 Å². The van der Waals surface area contributed by atoms with Crippen molar-refractivity contribution in [1.29, 1.82) is 0 Å². The van der Waals surface area contributed by atoms with Gasteiger partial charge in [-0.25, -0.2) is 9.82 Å². The fourth-order valence-electron chi connectivity index (χ4n) is 2.67. The number of hydrogen-bond acceptors (Lipinski definition) is 4. The van der Waals surface area contributed by atoms with E-state index in [-0.39, 0.29) is 5.41 Å². The first-order chi connectivity index (χ1) is 7.63. The van der Waals surface area contributed by atoms with Crippen molar-refractivity contribution in [3.05, 3.63) is 0 Å². The summed E-state index contributed by atoms with van der Waals surface area (Å²) in [5.41, 5.74) is 1.88. The highest BCUT2D eigenvalue weighted by molar-refractivity contribution is 4.86. The smallest absolute Gasteiger partial charge is 0.189 e. The summed E-state index contributed by atoms with van der Waals surface area (Å²) in [5.74, 6) is 4.98. The van der Waals surface area contributed by atoms with Crippen molar-refractivity contribution in [2.75, 3.05) is 13.7 Å². The van der Waals surface area contributed by atoms with Crippen LogP contribution in [0.15, 0.2) is 0 Å². The number of rotatable bonds is 6. The van der Waals surface area contributed by atoms with Crippen LogP contribution in [0.2, 0.25) is 0 Å². The highest BCUT2D eigenvalue weighted by Gasteiger charge is 2.36. The first-order valence-electron chi connectivity index (χ1n) is 5.91. The molecule has 1 saturated carbocycles. The number of aliphatic hydroxyl groups excluding tert-OH is 1.